The molecule has 0 bridgehead atoms. The lowest BCUT2D eigenvalue weighted by atomic mass is 9.82. The molecular weight excluding hydrogens is 422 g/mol. The first-order chi connectivity index (χ1) is 15.9. The normalized spacial score (nSPS) is 12.6. The average Bonchev–Trinajstić information content (AvgIpc) is 3.26. The topological polar surface area (TPSA) is 136 Å². The minimum absolute atomic E-state index is 0.0601. The second-order valence-corrected chi connectivity index (χ2v) is 8.24. The van der Waals surface area contributed by atoms with Crippen LogP contribution in [0.5, 0.6) is 11.5 Å². The van der Waals surface area contributed by atoms with Gasteiger partial charge in [-0.3, -0.25) is 4.79 Å². The van der Waals surface area contributed by atoms with Crippen molar-refractivity contribution in [2.45, 2.75) is 19.4 Å². The van der Waals surface area contributed by atoms with Crippen LogP contribution in [-0.4, -0.2) is 48.7 Å². The Morgan fingerprint density at radius 2 is 1.73 bits per heavy atom. The lowest BCUT2D eigenvalue weighted by molar-refractivity contribution is 0.0471. The highest BCUT2D eigenvalue weighted by molar-refractivity contribution is 5.99. The number of anilines is 1. The summed E-state index contributed by atoms with van der Waals surface area (Å²) in [6.07, 6.45) is 3.16. The zero-order valence-electron chi connectivity index (χ0n) is 18.1. The monoisotopic (exact) mass is 447 g/mol. The maximum Gasteiger partial charge on any atom is 0.222 e. The lowest BCUT2D eigenvalue weighted by Crippen LogP contribution is -2.33. The van der Waals surface area contributed by atoms with Crippen molar-refractivity contribution in [3.8, 4) is 11.5 Å². The highest BCUT2D eigenvalue weighted by atomic mass is 16.5. The van der Waals surface area contributed by atoms with Gasteiger partial charge in [-0.1, -0.05) is 25.1 Å². The van der Waals surface area contributed by atoms with E-state index in [0.29, 0.717) is 28.2 Å². The number of carbonyl (C=O) groups is 1. The Morgan fingerprint density at radius 3 is 2.39 bits per heavy atom. The molecule has 4 N–H and O–H groups in total. The number of aromatic nitrogens is 4. The highest BCUT2D eigenvalue weighted by Gasteiger charge is 2.33. The van der Waals surface area contributed by atoms with Crippen LogP contribution in [0.1, 0.15) is 29.7 Å². The first kappa shape index (κ1) is 22.4. The van der Waals surface area contributed by atoms with Crippen molar-refractivity contribution in [3.05, 3.63) is 72.7 Å². The molecule has 170 valence electrons. The third kappa shape index (κ3) is 4.84. The fourth-order valence-electron chi connectivity index (χ4n) is 3.54. The minimum atomic E-state index is -0.897. The molecule has 0 fully saturated rings. The number of fused-ring (bicyclic) bond motifs is 1. The number of hydrogen-bond donors (Lipinski definition) is 3. The largest absolute Gasteiger partial charge is 0.457 e. The van der Waals surface area contributed by atoms with Gasteiger partial charge in [0.05, 0.1) is 25.7 Å². The minimum Gasteiger partial charge on any atom is -0.457 e. The number of ether oxygens (including phenoxy) is 1. The molecule has 0 saturated carbocycles. The molecule has 0 aliphatic rings. The van der Waals surface area contributed by atoms with E-state index in [4.69, 9.17) is 10.5 Å². The molecule has 4 aromatic rings. The number of ketones is 1. The number of rotatable bonds is 9. The molecule has 0 spiro atoms. The smallest absolute Gasteiger partial charge is 0.222 e. The third-order valence-electron chi connectivity index (χ3n) is 5.54. The van der Waals surface area contributed by atoms with Crippen molar-refractivity contribution < 1.29 is 19.7 Å². The Kier molecular flexibility index (Phi) is 6.34. The zero-order chi connectivity index (χ0) is 23.4. The second-order valence-electron chi connectivity index (χ2n) is 8.24. The van der Waals surface area contributed by atoms with Gasteiger partial charge < -0.3 is 25.3 Å². The Labute approximate surface area is 190 Å². The Hall–Kier alpha value is -3.82. The van der Waals surface area contributed by atoms with E-state index in [1.165, 1.54) is 12.5 Å². The van der Waals surface area contributed by atoms with Crippen LogP contribution in [0.2, 0.25) is 0 Å². The van der Waals surface area contributed by atoms with Gasteiger partial charge in [0.1, 0.15) is 23.1 Å². The number of imidazole rings is 1. The lowest BCUT2D eigenvalue weighted by Gasteiger charge is -2.30. The van der Waals surface area contributed by atoms with Crippen LogP contribution < -0.4 is 10.5 Å². The highest BCUT2D eigenvalue weighted by Crippen LogP contribution is 2.33. The Morgan fingerprint density at radius 1 is 1.06 bits per heavy atom. The molecule has 0 aliphatic carbocycles. The fraction of sp³-hybridized carbons (Fsp3) is 0.250. The van der Waals surface area contributed by atoms with Gasteiger partial charge in [0.25, 0.3) is 0 Å². The van der Waals surface area contributed by atoms with E-state index in [0.717, 1.165) is 0 Å². The molecule has 9 heteroatoms. The summed E-state index contributed by atoms with van der Waals surface area (Å²) in [4.78, 5) is 26.1. The van der Waals surface area contributed by atoms with E-state index in [9.17, 15) is 15.0 Å². The van der Waals surface area contributed by atoms with Crippen LogP contribution in [-0.2, 0) is 0 Å². The number of nitrogens with zero attached hydrogens (tertiary/aromatic N) is 4. The van der Waals surface area contributed by atoms with E-state index >= 15 is 0 Å². The molecule has 1 unspecified atom stereocenters. The van der Waals surface area contributed by atoms with Gasteiger partial charge in [-0.25, -0.2) is 9.97 Å². The molecule has 1 atom stereocenters. The molecule has 2 heterocycles. The van der Waals surface area contributed by atoms with Gasteiger partial charge in [-0.15, -0.1) is 0 Å². The van der Waals surface area contributed by atoms with Crippen molar-refractivity contribution in [1.29, 1.82) is 0 Å². The maximum absolute atomic E-state index is 13.6. The van der Waals surface area contributed by atoms with Crippen molar-refractivity contribution in [2.24, 2.45) is 5.41 Å². The summed E-state index contributed by atoms with van der Waals surface area (Å²) in [6, 6.07) is 15.4. The van der Waals surface area contributed by atoms with Crippen molar-refractivity contribution >= 4 is 22.9 Å². The first-order valence-electron chi connectivity index (χ1n) is 10.5. The number of Topliss-reactive ketones (excluding diaryl/α,β-unsaturated/α-hetero) is 1. The molecule has 0 aliphatic heterocycles. The Bertz CT molecular complexity index is 1240. The predicted molar refractivity (Wildman–Crippen MR) is 123 cm³/mol. The van der Waals surface area contributed by atoms with E-state index in [1.807, 2.05) is 30.3 Å². The fourth-order valence-corrected chi connectivity index (χ4v) is 3.54. The number of benzene rings is 2. The van der Waals surface area contributed by atoms with E-state index in [-0.39, 0.29) is 31.4 Å². The second kappa shape index (κ2) is 9.35. The van der Waals surface area contributed by atoms with E-state index < -0.39 is 11.5 Å². The van der Waals surface area contributed by atoms with Crippen LogP contribution in [0, 0.1) is 5.41 Å². The van der Waals surface area contributed by atoms with Crippen LogP contribution in [0.15, 0.2) is 67.1 Å². The molecule has 9 nitrogen and oxygen atoms in total. The molecule has 0 radical (unpaired) electrons. The average molecular weight is 447 g/mol. The number of nitrogens with two attached hydrogens (primary N) is 1. The van der Waals surface area contributed by atoms with Crippen molar-refractivity contribution in [3.63, 3.8) is 0 Å². The molecule has 0 saturated heterocycles. The summed E-state index contributed by atoms with van der Waals surface area (Å²) in [6.45, 7) is 1.13. The van der Waals surface area contributed by atoms with Gasteiger partial charge in [0.2, 0.25) is 5.95 Å². The van der Waals surface area contributed by atoms with E-state index in [1.54, 1.807) is 35.8 Å². The molecule has 2 aromatic carbocycles. The molecule has 0 amide bonds. The molecule has 33 heavy (non-hydrogen) atoms. The van der Waals surface area contributed by atoms with Gasteiger partial charge in [-0.2, -0.15) is 4.98 Å². The summed E-state index contributed by atoms with van der Waals surface area (Å²) < 4.78 is 7.43. The van der Waals surface area contributed by atoms with Crippen LogP contribution in [0.25, 0.3) is 11.2 Å². The van der Waals surface area contributed by atoms with Crippen LogP contribution in [0.4, 0.5) is 5.95 Å². The van der Waals surface area contributed by atoms with Gasteiger partial charge in [-0.05, 0) is 42.8 Å². The predicted octanol–water partition coefficient (Wildman–Crippen LogP) is 3.01. The van der Waals surface area contributed by atoms with E-state index in [2.05, 4.69) is 15.0 Å². The first-order valence-corrected chi connectivity index (χ1v) is 10.5. The number of nitrogen functional groups attached to an aromatic ring is 1. The van der Waals surface area contributed by atoms with Crippen LogP contribution >= 0.6 is 0 Å². The summed E-state index contributed by atoms with van der Waals surface area (Å²) in [5.74, 6) is 1.13. The maximum atomic E-state index is 13.6. The quantitative estimate of drug-likeness (QED) is 0.333. The summed E-state index contributed by atoms with van der Waals surface area (Å²) in [5.41, 5.74) is 6.20. The summed E-state index contributed by atoms with van der Waals surface area (Å²) >= 11 is 0. The number of carbonyl (C=O) groups excluding carboxylic acids is 1. The number of hydrogen-bond acceptors (Lipinski definition) is 8. The zero-order valence-corrected chi connectivity index (χ0v) is 18.1. The number of aliphatic hydroxyl groups excluding tert-OH is 2. The van der Waals surface area contributed by atoms with Crippen LogP contribution in [0.3, 0.4) is 0 Å². The summed E-state index contributed by atoms with van der Waals surface area (Å²) in [5, 5.41) is 19.7. The van der Waals surface area contributed by atoms with Gasteiger partial charge in [0.15, 0.2) is 11.4 Å². The SMILES string of the molecule is CC(CO)(CO)CC(C(=O)c1ccc(Oc2ccccc2)cc1)n1cnc2cnc(N)nc21. The molecule has 2 aromatic heterocycles. The third-order valence-corrected chi connectivity index (χ3v) is 5.54. The van der Waals surface area contributed by atoms with Gasteiger partial charge in [0, 0.05) is 11.0 Å². The Balaban J connectivity index is 1.67. The van der Waals surface area contributed by atoms with Crippen molar-refractivity contribution in [1.82, 2.24) is 19.5 Å². The number of para-hydroxylation sites is 1. The standard InChI is InChI=1S/C24H25N5O4/c1-24(13-30,14-31)11-20(29-15-27-19-12-26-23(25)28-22(19)29)21(32)16-7-9-18(10-8-16)33-17-5-3-2-4-6-17/h2-10,12,15,20,30-31H,11,13-14H2,1H3,(H2,25,26,28). The summed E-state index contributed by atoms with van der Waals surface area (Å²) in [7, 11) is 0. The van der Waals surface area contributed by atoms with Gasteiger partial charge >= 0.3 is 0 Å². The molecule has 4 rings (SSSR count). The van der Waals surface area contributed by atoms with Crippen molar-refractivity contribution in [2.75, 3.05) is 18.9 Å². The number of aliphatic hydroxyl groups is 2. The molecular formula is C24H25N5O4.